The summed E-state index contributed by atoms with van der Waals surface area (Å²) in [7, 11) is 0. The number of carbonyl (C=O) groups is 1. The van der Waals surface area contributed by atoms with Gasteiger partial charge in [0.05, 0.1) is 4.45 Å². The molecule has 0 aromatic heterocycles. The maximum atomic E-state index is 10.5. The third-order valence-corrected chi connectivity index (χ3v) is 2.74. The molecule has 0 rings (SSSR count). The van der Waals surface area contributed by atoms with Gasteiger partial charge >= 0.3 is 0 Å². The average molecular weight is 273 g/mol. The summed E-state index contributed by atoms with van der Waals surface area (Å²) in [5.74, 6) is 0.356. The minimum atomic E-state index is -0.312. The Kier molecular flexibility index (Phi) is 3.88. The van der Waals surface area contributed by atoms with Crippen LogP contribution in [0.25, 0.3) is 0 Å². The van der Waals surface area contributed by atoms with E-state index in [1.807, 2.05) is 20.8 Å². The fourth-order valence-electron chi connectivity index (χ4n) is 0.336. The van der Waals surface area contributed by atoms with Crippen LogP contribution < -0.4 is 5.32 Å². The van der Waals surface area contributed by atoms with Crippen molar-refractivity contribution in [3.63, 3.8) is 0 Å². The SMILES string of the molecule is CC(C)C(C)(Br)NC(=O)Br. The lowest BCUT2D eigenvalue weighted by Crippen LogP contribution is -2.42. The molecule has 0 radical (unpaired) electrons. The second-order valence-electron chi connectivity index (χ2n) is 2.63. The minimum absolute atomic E-state index is 0.194. The molecule has 0 saturated heterocycles. The van der Waals surface area contributed by atoms with Crippen molar-refractivity contribution >= 4 is 36.7 Å². The molecule has 60 valence electrons. The number of alkyl halides is 1. The number of amides is 1. The van der Waals surface area contributed by atoms with Crippen molar-refractivity contribution in [2.75, 3.05) is 0 Å². The number of hydrogen-bond donors (Lipinski definition) is 1. The molecule has 0 aromatic rings. The molecule has 0 fully saturated rings. The Labute approximate surface area is 78.0 Å². The Morgan fingerprint density at radius 3 is 2.10 bits per heavy atom. The Bertz CT molecular complexity index is 134. The summed E-state index contributed by atoms with van der Waals surface area (Å²) in [6.45, 7) is 5.96. The number of carbonyl (C=O) groups excluding carboxylic acids is 1. The van der Waals surface area contributed by atoms with Crippen molar-refractivity contribution in [1.82, 2.24) is 5.32 Å². The first kappa shape index (κ1) is 10.4. The standard InChI is InChI=1S/C6H11Br2NO/c1-4(2)6(3,8)9-5(7)10/h4H,1-3H3,(H,9,10). The molecule has 1 N–H and O–H groups in total. The van der Waals surface area contributed by atoms with E-state index in [2.05, 4.69) is 37.2 Å². The summed E-state index contributed by atoms with van der Waals surface area (Å²) in [6, 6.07) is 0. The first-order valence-corrected chi connectivity index (χ1v) is 4.61. The van der Waals surface area contributed by atoms with Gasteiger partial charge in [0.25, 0.3) is 4.82 Å². The number of hydrogen-bond acceptors (Lipinski definition) is 1. The highest BCUT2D eigenvalue weighted by Gasteiger charge is 2.25. The molecule has 0 saturated carbocycles. The first-order valence-electron chi connectivity index (χ1n) is 3.03. The predicted octanol–water partition coefficient (Wildman–Crippen LogP) is 2.86. The first-order chi connectivity index (χ1) is 4.36. The molecule has 0 spiro atoms. The maximum absolute atomic E-state index is 10.5. The van der Waals surface area contributed by atoms with Crippen LogP contribution in [0.1, 0.15) is 20.8 Å². The average Bonchev–Trinajstić information content (AvgIpc) is 1.60. The number of rotatable bonds is 2. The van der Waals surface area contributed by atoms with Gasteiger partial charge in [0, 0.05) is 15.9 Å². The van der Waals surface area contributed by atoms with Crippen molar-refractivity contribution in [1.29, 1.82) is 0 Å². The Morgan fingerprint density at radius 2 is 2.00 bits per heavy atom. The smallest absolute Gasteiger partial charge is 0.288 e. The molecule has 0 aliphatic heterocycles. The van der Waals surface area contributed by atoms with Gasteiger partial charge in [-0.3, -0.25) is 4.79 Å². The summed E-state index contributed by atoms with van der Waals surface area (Å²) >= 11 is 6.18. The number of nitrogens with one attached hydrogen (secondary N) is 1. The van der Waals surface area contributed by atoms with E-state index in [1.54, 1.807) is 0 Å². The molecule has 10 heavy (non-hydrogen) atoms. The van der Waals surface area contributed by atoms with Crippen molar-refractivity contribution in [3.05, 3.63) is 0 Å². The van der Waals surface area contributed by atoms with Crippen LogP contribution in [0.4, 0.5) is 4.79 Å². The third-order valence-electron chi connectivity index (χ3n) is 1.43. The van der Waals surface area contributed by atoms with E-state index in [-0.39, 0.29) is 9.26 Å². The molecule has 0 aliphatic rings. The topological polar surface area (TPSA) is 29.1 Å². The fraction of sp³-hybridized carbons (Fsp3) is 0.833. The summed E-state index contributed by atoms with van der Waals surface area (Å²) in [5.41, 5.74) is 0. The molecular formula is C6H11Br2NO. The van der Waals surface area contributed by atoms with Crippen LogP contribution in [0.2, 0.25) is 0 Å². The Hall–Kier alpha value is 0.430. The zero-order valence-electron chi connectivity index (χ0n) is 6.24. The highest BCUT2D eigenvalue weighted by Crippen LogP contribution is 2.23. The predicted molar refractivity (Wildman–Crippen MR) is 49.6 cm³/mol. The Balaban J connectivity index is 3.99. The second kappa shape index (κ2) is 3.72. The zero-order chi connectivity index (χ0) is 8.36. The van der Waals surface area contributed by atoms with Gasteiger partial charge in [-0.15, -0.1) is 0 Å². The van der Waals surface area contributed by atoms with E-state index >= 15 is 0 Å². The van der Waals surface area contributed by atoms with Gasteiger partial charge in [-0.1, -0.05) is 29.8 Å². The third kappa shape index (κ3) is 3.56. The van der Waals surface area contributed by atoms with E-state index in [0.29, 0.717) is 5.92 Å². The van der Waals surface area contributed by atoms with Crippen LogP contribution in [0, 0.1) is 5.92 Å². The molecule has 0 heterocycles. The van der Waals surface area contributed by atoms with E-state index in [4.69, 9.17) is 0 Å². The summed E-state index contributed by atoms with van der Waals surface area (Å²) in [6.07, 6.45) is 0. The van der Waals surface area contributed by atoms with E-state index in [0.717, 1.165) is 0 Å². The van der Waals surface area contributed by atoms with Gasteiger partial charge in [0.2, 0.25) is 0 Å². The van der Waals surface area contributed by atoms with Gasteiger partial charge in [0.1, 0.15) is 0 Å². The monoisotopic (exact) mass is 271 g/mol. The van der Waals surface area contributed by atoms with Gasteiger partial charge in [0.15, 0.2) is 0 Å². The lowest BCUT2D eigenvalue weighted by atomic mass is 10.1. The van der Waals surface area contributed by atoms with Crippen molar-refractivity contribution in [2.24, 2.45) is 5.92 Å². The lowest BCUT2D eigenvalue weighted by Gasteiger charge is -2.26. The minimum Gasteiger partial charge on any atom is -0.332 e. The van der Waals surface area contributed by atoms with Gasteiger partial charge in [-0.25, -0.2) is 0 Å². The van der Waals surface area contributed by atoms with E-state index < -0.39 is 0 Å². The van der Waals surface area contributed by atoms with Crippen LogP contribution in [0.15, 0.2) is 0 Å². The Morgan fingerprint density at radius 1 is 1.60 bits per heavy atom. The summed E-state index contributed by atoms with van der Waals surface area (Å²) in [5, 5.41) is 2.71. The molecule has 1 atom stereocenters. The van der Waals surface area contributed by atoms with Crippen molar-refractivity contribution in [3.8, 4) is 0 Å². The fourth-order valence-corrected chi connectivity index (χ4v) is 1.19. The van der Waals surface area contributed by atoms with Crippen LogP contribution >= 0.6 is 31.9 Å². The number of halogens is 2. The van der Waals surface area contributed by atoms with E-state index in [9.17, 15) is 4.79 Å². The largest absolute Gasteiger partial charge is 0.332 e. The summed E-state index contributed by atoms with van der Waals surface area (Å²) < 4.78 is -0.312. The molecule has 1 unspecified atom stereocenters. The molecule has 1 amide bonds. The maximum Gasteiger partial charge on any atom is 0.288 e. The van der Waals surface area contributed by atoms with Gasteiger partial charge < -0.3 is 5.32 Å². The molecular weight excluding hydrogens is 262 g/mol. The highest BCUT2D eigenvalue weighted by molar-refractivity contribution is 9.18. The van der Waals surface area contributed by atoms with Crippen LogP contribution in [-0.2, 0) is 0 Å². The van der Waals surface area contributed by atoms with Crippen LogP contribution in [0.3, 0.4) is 0 Å². The van der Waals surface area contributed by atoms with Gasteiger partial charge in [-0.2, -0.15) is 0 Å². The quantitative estimate of drug-likeness (QED) is 0.468. The zero-order valence-corrected chi connectivity index (χ0v) is 9.41. The van der Waals surface area contributed by atoms with Crippen LogP contribution in [0.5, 0.6) is 0 Å². The molecule has 0 aromatic carbocycles. The second-order valence-corrected chi connectivity index (χ2v) is 5.00. The molecule has 4 heteroatoms. The van der Waals surface area contributed by atoms with Gasteiger partial charge in [-0.05, 0) is 12.8 Å². The summed E-state index contributed by atoms with van der Waals surface area (Å²) in [4.78, 5) is 10.3. The lowest BCUT2D eigenvalue weighted by molar-refractivity contribution is 0.254. The van der Waals surface area contributed by atoms with Crippen molar-refractivity contribution in [2.45, 2.75) is 25.2 Å². The molecule has 0 bridgehead atoms. The molecule has 0 aliphatic carbocycles. The van der Waals surface area contributed by atoms with Crippen molar-refractivity contribution < 1.29 is 4.79 Å². The molecule has 2 nitrogen and oxygen atoms in total. The highest BCUT2D eigenvalue weighted by atomic mass is 79.9. The van der Waals surface area contributed by atoms with E-state index in [1.165, 1.54) is 0 Å². The van der Waals surface area contributed by atoms with Crippen LogP contribution in [-0.4, -0.2) is 9.26 Å². The normalized spacial score (nSPS) is 16.6.